The van der Waals surface area contributed by atoms with Gasteiger partial charge in [0.15, 0.2) is 0 Å². The highest BCUT2D eigenvalue weighted by Gasteiger charge is 2.30. The van der Waals surface area contributed by atoms with E-state index in [-0.39, 0.29) is 6.10 Å². The average molecular weight is 390 g/mol. The molecule has 0 radical (unpaired) electrons. The van der Waals surface area contributed by atoms with Gasteiger partial charge in [-0.2, -0.15) is 13.2 Å². The van der Waals surface area contributed by atoms with Gasteiger partial charge in [0.1, 0.15) is 11.9 Å². The van der Waals surface area contributed by atoms with Gasteiger partial charge in [-0.3, -0.25) is 0 Å². The maximum absolute atomic E-state index is 12.8. The largest absolute Gasteiger partial charge is 0.486 e. The number of halogens is 3. The van der Waals surface area contributed by atoms with Gasteiger partial charge >= 0.3 is 12.1 Å². The zero-order valence-corrected chi connectivity index (χ0v) is 14.6. The Bertz CT molecular complexity index is 877. The monoisotopic (exact) mass is 390 g/mol. The number of carboxylic acid groups (broad SMARTS) is 1. The zero-order valence-electron chi connectivity index (χ0n) is 14.6. The molecule has 0 bridgehead atoms. The summed E-state index contributed by atoms with van der Waals surface area (Å²) >= 11 is 0. The highest BCUT2D eigenvalue weighted by atomic mass is 19.4. The van der Waals surface area contributed by atoms with Crippen LogP contribution in [0.15, 0.2) is 66.8 Å². The van der Waals surface area contributed by atoms with Crippen molar-refractivity contribution in [2.75, 3.05) is 13.2 Å². The van der Waals surface area contributed by atoms with Gasteiger partial charge in [-0.25, -0.2) is 4.79 Å². The maximum Gasteiger partial charge on any atom is 0.416 e. The first-order valence-corrected chi connectivity index (χ1v) is 8.47. The summed E-state index contributed by atoms with van der Waals surface area (Å²) in [6.07, 6.45) is -0.555. The lowest BCUT2D eigenvalue weighted by Gasteiger charge is -2.26. The van der Waals surface area contributed by atoms with Crippen molar-refractivity contribution in [2.24, 2.45) is 0 Å². The van der Waals surface area contributed by atoms with Crippen LogP contribution in [0.1, 0.15) is 16.7 Å². The normalized spacial score (nSPS) is 15.5. The second kappa shape index (κ2) is 8.31. The first-order chi connectivity index (χ1) is 13.3. The molecule has 0 unspecified atom stereocenters. The SMILES string of the molecule is O=C(O)/C=C/C=C(\c1ccc(OC2COC2)cc1)c1ccc(C(F)(F)F)cc1. The molecule has 1 saturated heterocycles. The standard InChI is InChI=1S/C21H17F3O4/c22-21(23,24)16-8-4-14(5-9-16)19(2-1-3-20(25)26)15-6-10-17(11-7-15)28-18-12-27-13-18/h1-11,18H,12-13H2,(H,25,26)/b3-1+,19-2-. The number of ether oxygens (including phenoxy) is 2. The van der Waals surface area contributed by atoms with Crippen LogP contribution in [0.25, 0.3) is 5.57 Å². The number of rotatable bonds is 6. The van der Waals surface area contributed by atoms with Crippen LogP contribution in [0.2, 0.25) is 0 Å². The van der Waals surface area contributed by atoms with Gasteiger partial charge in [0.05, 0.1) is 18.8 Å². The third-order valence-electron chi connectivity index (χ3n) is 4.10. The van der Waals surface area contributed by atoms with E-state index >= 15 is 0 Å². The molecule has 1 fully saturated rings. The van der Waals surface area contributed by atoms with E-state index in [1.807, 2.05) is 0 Å². The van der Waals surface area contributed by atoms with Gasteiger partial charge in [0, 0.05) is 6.08 Å². The van der Waals surface area contributed by atoms with E-state index in [0.717, 1.165) is 18.2 Å². The van der Waals surface area contributed by atoms with Gasteiger partial charge in [-0.05, 0) is 41.0 Å². The first kappa shape index (κ1) is 19.7. The molecular formula is C21H17F3O4. The van der Waals surface area contributed by atoms with Crippen molar-refractivity contribution in [3.05, 3.63) is 83.4 Å². The van der Waals surface area contributed by atoms with Crippen molar-refractivity contribution in [1.29, 1.82) is 0 Å². The van der Waals surface area contributed by atoms with Crippen LogP contribution in [-0.2, 0) is 15.7 Å². The molecule has 28 heavy (non-hydrogen) atoms. The van der Waals surface area contributed by atoms with Crippen molar-refractivity contribution in [3.8, 4) is 5.75 Å². The third-order valence-corrected chi connectivity index (χ3v) is 4.10. The Morgan fingerprint density at radius 2 is 1.61 bits per heavy atom. The van der Waals surface area contributed by atoms with Crippen molar-refractivity contribution in [3.63, 3.8) is 0 Å². The number of aliphatic carboxylic acids is 1. The van der Waals surface area contributed by atoms with E-state index in [4.69, 9.17) is 14.6 Å². The van der Waals surface area contributed by atoms with E-state index in [0.29, 0.717) is 35.7 Å². The molecule has 2 aromatic carbocycles. The molecule has 0 saturated carbocycles. The lowest BCUT2D eigenvalue weighted by atomic mass is 9.96. The zero-order chi connectivity index (χ0) is 20.1. The molecule has 1 aliphatic heterocycles. The lowest BCUT2D eigenvalue weighted by molar-refractivity contribution is -0.137. The fourth-order valence-electron chi connectivity index (χ4n) is 2.61. The quantitative estimate of drug-likeness (QED) is 0.581. The second-order valence-electron chi connectivity index (χ2n) is 6.15. The molecule has 4 nitrogen and oxygen atoms in total. The van der Waals surface area contributed by atoms with E-state index in [9.17, 15) is 18.0 Å². The predicted octanol–water partition coefficient (Wildman–Crippen LogP) is 4.56. The molecule has 0 amide bonds. The Hall–Kier alpha value is -3.06. The van der Waals surface area contributed by atoms with Crippen LogP contribution in [0, 0.1) is 0 Å². The van der Waals surface area contributed by atoms with Gasteiger partial charge in [-0.1, -0.05) is 36.4 Å². The van der Waals surface area contributed by atoms with Crippen LogP contribution in [0.5, 0.6) is 5.75 Å². The number of carboxylic acids is 1. The summed E-state index contributed by atoms with van der Waals surface area (Å²) in [6.45, 7) is 1.08. The number of benzene rings is 2. The maximum atomic E-state index is 12.8. The molecule has 7 heteroatoms. The minimum Gasteiger partial charge on any atom is -0.486 e. The highest BCUT2D eigenvalue weighted by Crippen LogP contribution is 2.32. The van der Waals surface area contributed by atoms with Gasteiger partial charge in [0.25, 0.3) is 0 Å². The van der Waals surface area contributed by atoms with Crippen molar-refractivity contribution < 1.29 is 32.5 Å². The molecule has 0 atom stereocenters. The molecule has 1 heterocycles. The first-order valence-electron chi connectivity index (χ1n) is 8.47. The smallest absolute Gasteiger partial charge is 0.416 e. The number of allylic oxidation sites excluding steroid dienone is 2. The molecule has 0 aromatic heterocycles. The minimum absolute atomic E-state index is 0.0225. The van der Waals surface area contributed by atoms with Crippen molar-refractivity contribution in [2.45, 2.75) is 12.3 Å². The summed E-state index contributed by atoms with van der Waals surface area (Å²) in [5.74, 6) is -0.459. The number of carbonyl (C=O) groups is 1. The number of alkyl halides is 3. The molecule has 1 N–H and O–H groups in total. The molecule has 1 aliphatic rings. The number of hydrogen-bond donors (Lipinski definition) is 1. The molecule has 3 rings (SSSR count). The van der Waals surface area contributed by atoms with Crippen molar-refractivity contribution >= 4 is 11.5 Å². The minimum atomic E-state index is -4.42. The summed E-state index contributed by atoms with van der Waals surface area (Å²) < 4.78 is 49.2. The Balaban J connectivity index is 1.89. The Morgan fingerprint density at radius 1 is 1.04 bits per heavy atom. The summed E-state index contributed by atoms with van der Waals surface area (Å²) in [6, 6.07) is 11.8. The Labute approximate surface area is 159 Å². The summed E-state index contributed by atoms with van der Waals surface area (Å²) in [7, 11) is 0. The van der Waals surface area contributed by atoms with Crippen LogP contribution in [0.4, 0.5) is 13.2 Å². The second-order valence-corrected chi connectivity index (χ2v) is 6.15. The molecule has 146 valence electrons. The van der Waals surface area contributed by atoms with E-state index in [1.54, 1.807) is 30.3 Å². The van der Waals surface area contributed by atoms with E-state index < -0.39 is 17.7 Å². The van der Waals surface area contributed by atoms with Crippen LogP contribution in [0.3, 0.4) is 0 Å². The van der Waals surface area contributed by atoms with Gasteiger partial charge in [0.2, 0.25) is 0 Å². The fraction of sp³-hybridized carbons (Fsp3) is 0.190. The van der Waals surface area contributed by atoms with Crippen molar-refractivity contribution in [1.82, 2.24) is 0 Å². The molecular weight excluding hydrogens is 373 g/mol. The van der Waals surface area contributed by atoms with Gasteiger partial charge in [-0.15, -0.1) is 0 Å². The highest BCUT2D eigenvalue weighted by molar-refractivity contribution is 5.84. The van der Waals surface area contributed by atoms with E-state index in [2.05, 4.69) is 0 Å². The lowest BCUT2D eigenvalue weighted by Crippen LogP contribution is -2.38. The molecule has 0 spiro atoms. The topological polar surface area (TPSA) is 55.8 Å². The predicted molar refractivity (Wildman–Crippen MR) is 97.0 cm³/mol. The summed E-state index contributed by atoms with van der Waals surface area (Å²) in [5.41, 5.74) is 1.09. The number of hydrogen-bond acceptors (Lipinski definition) is 3. The summed E-state index contributed by atoms with van der Waals surface area (Å²) in [4.78, 5) is 10.7. The Morgan fingerprint density at radius 3 is 2.07 bits per heavy atom. The summed E-state index contributed by atoms with van der Waals surface area (Å²) in [5, 5.41) is 8.77. The van der Waals surface area contributed by atoms with E-state index in [1.165, 1.54) is 18.2 Å². The molecule has 0 aliphatic carbocycles. The third kappa shape index (κ3) is 5.01. The van der Waals surface area contributed by atoms with Crippen LogP contribution < -0.4 is 4.74 Å². The molecule has 2 aromatic rings. The van der Waals surface area contributed by atoms with Crippen LogP contribution >= 0.6 is 0 Å². The fourth-order valence-corrected chi connectivity index (χ4v) is 2.61. The van der Waals surface area contributed by atoms with Gasteiger partial charge < -0.3 is 14.6 Å². The van der Waals surface area contributed by atoms with Crippen LogP contribution in [-0.4, -0.2) is 30.4 Å². The average Bonchev–Trinajstić information content (AvgIpc) is 2.62. The Kier molecular flexibility index (Phi) is 5.84.